The highest BCUT2D eigenvalue weighted by Crippen LogP contribution is 2.23. The molecule has 2 aromatic carbocycles. The van der Waals surface area contributed by atoms with Crippen LogP contribution in [0.2, 0.25) is 0 Å². The molecule has 0 radical (unpaired) electrons. The van der Waals surface area contributed by atoms with Gasteiger partial charge in [-0.2, -0.15) is 0 Å². The summed E-state index contributed by atoms with van der Waals surface area (Å²) < 4.78 is 36.4. The van der Waals surface area contributed by atoms with Crippen LogP contribution >= 0.6 is 0 Å². The van der Waals surface area contributed by atoms with Crippen LogP contribution < -0.4 is 19.1 Å². The van der Waals surface area contributed by atoms with Crippen LogP contribution in [-0.4, -0.2) is 40.8 Å². The van der Waals surface area contributed by atoms with Crippen LogP contribution in [0.1, 0.15) is 25.3 Å². The third-order valence-electron chi connectivity index (χ3n) is 4.26. The molecule has 0 saturated carbocycles. The number of anilines is 1. The molecule has 0 aliphatic rings. The molecule has 0 bridgehead atoms. The molecule has 0 fully saturated rings. The van der Waals surface area contributed by atoms with E-state index in [0.717, 1.165) is 17.6 Å². The normalized spacial score (nSPS) is 11.0. The lowest BCUT2D eigenvalue weighted by Crippen LogP contribution is -2.32. The summed E-state index contributed by atoms with van der Waals surface area (Å²) in [6.45, 7) is 3.03. The highest BCUT2D eigenvalue weighted by atomic mass is 32.2. The maximum atomic E-state index is 12.2. The van der Waals surface area contributed by atoms with Gasteiger partial charge in [0.05, 0.1) is 25.7 Å². The number of ether oxygens (including phenoxy) is 2. The lowest BCUT2D eigenvalue weighted by atomic mass is 10.2. The molecular weight excluding hydrogens is 392 g/mol. The maximum Gasteiger partial charge on any atom is 0.232 e. The Labute approximate surface area is 172 Å². The number of carbonyl (C=O) groups is 1. The molecule has 0 aliphatic carbocycles. The molecular formula is C21H28N2O5S. The predicted octanol–water partition coefficient (Wildman–Crippen LogP) is 2.96. The van der Waals surface area contributed by atoms with E-state index >= 15 is 0 Å². The van der Waals surface area contributed by atoms with Gasteiger partial charge in [0.15, 0.2) is 0 Å². The van der Waals surface area contributed by atoms with Crippen LogP contribution in [-0.2, 0) is 21.4 Å². The van der Waals surface area contributed by atoms with Crippen molar-refractivity contribution >= 4 is 21.6 Å². The number of para-hydroxylation sites is 1. The average molecular weight is 421 g/mol. The predicted molar refractivity (Wildman–Crippen MR) is 114 cm³/mol. The van der Waals surface area contributed by atoms with E-state index in [4.69, 9.17) is 9.47 Å². The van der Waals surface area contributed by atoms with Crippen molar-refractivity contribution in [1.82, 2.24) is 5.32 Å². The van der Waals surface area contributed by atoms with E-state index in [1.807, 2.05) is 31.2 Å². The van der Waals surface area contributed by atoms with Gasteiger partial charge in [-0.3, -0.25) is 9.10 Å². The highest BCUT2D eigenvalue weighted by molar-refractivity contribution is 7.92. The van der Waals surface area contributed by atoms with Crippen LogP contribution in [0.25, 0.3) is 0 Å². The molecule has 8 heteroatoms. The van der Waals surface area contributed by atoms with E-state index in [-0.39, 0.29) is 18.9 Å². The number of sulfonamides is 1. The van der Waals surface area contributed by atoms with Crippen LogP contribution in [0.15, 0.2) is 48.5 Å². The number of hydrogen-bond donors (Lipinski definition) is 1. The fourth-order valence-corrected chi connectivity index (χ4v) is 3.82. The quantitative estimate of drug-likeness (QED) is 0.604. The Morgan fingerprint density at radius 2 is 1.90 bits per heavy atom. The topological polar surface area (TPSA) is 84.9 Å². The Balaban J connectivity index is 1.91. The van der Waals surface area contributed by atoms with E-state index in [1.165, 1.54) is 11.4 Å². The number of methoxy groups -OCH3 is 1. The van der Waals surface area contributed by atoms with Gasteiger partial charge in [0, 0.05) is 31.1 Å². The molecule has 0 atom stereocenters. The molecule has 7 nitrogen and oxygen atoms in total. The Hall–Kier alpha value is -2.74. The van der Waals surface area contributed by atoms with Gasteiger partial charge >= 0.3 is 0 Å². The van der Waals surface area contributed by atoms with E-state index in [0.29, 0.717) is 31.0 Å². The first-order chi connectivity index (χ1) is 13.8. The number of rotatable bonds is 11. The number of nitrogens with zero attached hydrogens (tertiary/aromatic N) is 1. The van der Waals surface area contributed by atoms with Crippen LogP contribution in [0.5, 0.6) is 11.5 Å². The molecule has 2 aromatic rings. The van der Waals surface area contributed by atoms with Gasteiger partial charge in [0.2, 0.25) is 15.9 Å². The second-order valence-electron chi connectivity index (χ2n) is 6.46. The average Bonchev–Trinajstić information content (AvgIpc) is 2.70. The molecule has 0 unspecified atom stereocenters. The summed E-state index contributed by atoms with van der Waals surface area (Å²) in [7, 11) is -1.95. The van der Waals surface area contributed by atoms with Crippen molar-refractivity contribution in [2.45, 2.75) is 26.3 Å². The number of benzene rings is 2. The summed E-state index contributed by atoms with van der Waals surface area (Å²) in [5.41, 5.74) is 1.41. The number of hydrogen-bond acceptors (Lipinski definition) is 5. The smallest absolute Gasteiger partial charge is 0.232 e. The van der Waals surface area contributed by atoms with Crippen LogP contribution in [0, 0.1) is 0 Å². The third kappa shape index (κ3) is 6.98. The first-order valence-electron chi connectivity index (χ1n) is 9.44. The van der Waals surface area contributed by atoms with E-state index in [1.54, 1.807) is 24.3 Å². The summed E-state index contributed by atoms with van der Waals surface area (Å²) in [4.78, 5) is 12.2. The zero-order valence-corrected chi connectivity index (χ0v) is 17.9. The van der Waals surface area contributed by atoms with Crippen LogP contribution in [0.3, 0.4) is 0 Å². The Kier molecular flexibility index (Phi) is 8.33. The molecule has 1 N–H and O–H groups in total. The molecule has 0 heterocycles. The summed E-state index contributed by atoms with van der Waals surface area (Å²) in [5, 5.41) is 2.86. The SMILES string of the molecule is CCOc1ccccc1CNC(=O)CCCN(c1cccc(OC)c1)S(C)(=O)=O. The van der Waals surface area contributed by atoms with E-state index < -0.39 is 10.0 Å². The summed E-state index contributed by atoms with van der Waals surface area (Å²) >= 11 is 0. The second kappa shape index (κ2) is 10.7. The lowest BCUT2D eigenvalue weighted by molar-refractivity contribution is -0.121. The highest BCUT2D eigenvalue weighted by Gasteiger charge is 2.18. The van der Waals surface area contributed by atoms with Gasteiger partial charge in [0.1, 0.15) is 11.5 Å². The summed E-state index contributed by atoms with van der Waals surface area (Å²) in [6, 6.07) is 14.4. The molecule has 0 saturated heterocycles. The first kappa shape index (κ1) is 22.5. The van der Waals surface area contributed by atoms with Gasteiger partial charge in [-0.15, -0.1) is 0 Å². The molecule has 0 aromatic heterocycles. The summed E-state index contributed by atoms with van der Waals surface area (Å²) in [5.74, 6) is 1.17. The summed E-state index contributed by atoms with van der Waals surface area (Å²) in [6.07, 6.45) is 1.76. The Morgan fingerprint density at radius 1 is 1.14 bits per heavy atom. The van der Waals surface area contributed by atoms with Gasteiger partial charge in [-0.05, 0) is 31.5 Å². The van der Waals surface area contributed by atoms with Gasteiger partial charge in [-0.25, -0.2) is 8.42 Å². The van der Waals surface area contributed by atoms with Crippen molar-refractivity contribution in [2.24, 2.45) is 0 Å². The lowest BCUT2D eigenvalue weighted by Gasteiger charge is -2.22. The Bertz CT molecular complexity index is 915. The van der Waals surface area contributed by atoms with Crippen molar-refractivity contribution in [3.63, 3.8) is 0 Å². The third-order valence-corrected chi connectivity index (χ3v) is 5.45. The minimum Gasteiger partial charge on any atom is -0.497 e. The number of amides is 1. The monoisotopic (exact) mass is 420 g/mol. The standard InChI is InChI=1S/C21H28N2O5S/c1-4-28-20-12-6-5-9-17(20)16-22-21(24)13-8-14-23(29(3,25)26)18-10-7-11-19(15-18)27-2/h5-7,9-12,15H,4,8,13-14,16H2,1-3H3,(H,22,24). The molecule has 0 spiro atoms. The van der Waals surface area contributed by atoms with Gasteiger partial charge in [0.25, 0.3) is 0 Å². The minimum absolute atomic E-state index is 0.143. The second-order valence-corrected chi connectivity index (χ2v) is 8.36. The van der Waals surface area contributed by atoms with Crippen molar-refractivity contribution in [3.05, 3.63) is 54.1 Å². The number of nitrogens with one attached hydrogen (secondary N) is 1. The molecule has 158 valence electrons. The zero-order valence-electron chi connectivity index (χ0n) is 17.1. The van der Waals surface area contributed by atoms with Crippen molar-refractivity contribution in [2.75, 3.05) is 30.8 Å². The van der Waals surface area contributed by atoms with Crippen molar-refractivity contribution in [3.8, 4) is 11.5 Å². The van der Waals surface area contributed by atoms with E-state index in [9.17, 15) is 13.2 Å². The van der Waals surface area contributed by atoms with Crippen LogP contribution in [0.4, 0.5) is 5.69 Å². The van der Waals surface area contributed by atoms with Gasteiger partial charge < -0.3 is 14.8 Å². The Morgan fingerprint density at radius 3 is 2.59 bits per heavy atom. The fourth-order valence-electron chi connectivity index (χ4n) is 2.86. The van der Waals surface area contributed by atoms with Crippen molar-refractivity contribution in [1.29, 1.82) is 0 Å². The number of carbonyl (C=O) groups excluding carboxylic acids is 1. The fraction of sp³-hybridized carbons (Fsp3) is 0.381. The molecule has 29 heavy (non-hydrogen) atoms. The largest absolute Gasteiger partial charge is 0.497 e. The maximum absolute atomic E-state index is 12.2. The zero-order chi connectivity index (χ0) is 21.3. The first-order valence-corrected chi connectivity index (χ1v) is 11.3. The minimum atomic E-state index is -3.48. The van der Waals surface area contributed by atoms with E-state index in [2.05, 4.69) is 5.32 Å². The molecule has 0 aliphatic heterocycles. The molecule has 2 rings (SSSR count). The van der Waals surface area contributed by atoms with Gasteiger partial charge in [-0.1, -0.05) is 24.3 Å². The molecule has 1 amide bonds. The van der Waals surface area contributed by atoms with Crippen molar-refractivity contribution < 1.29 is 22.7 Å².